The predicted octanol–water partition coefficient (Wildman–Crippen LogP) is -2.11. The third-order valence-electron chi connectivity index (χ3n) is 5.90. The van der Waals surface area contributed by atoms with E-state index < -0.39 is 54.5 Å². The van der Waals surface area contributed by atoms with Gasteiger partial charge >= 0.3 is 5.97 Å². The summed E-state index contributed by atoms with van der Waals surface area (Å²) in [6.45, 7) is 2.99. The van der Waals surface area contributed by atoms with Gasteiger partial charge in [-0.15, -0.1) is 0 Å². The van der Waals surface area contributed by atoms with Crippen molar-refractivity contribution in [3.05, 3.63) is 29.8 Å². The molecule has 0 saturated heterocycles. The van der Waals surface area contributed by atoms with Crippen LogP contribution in [-0.2, 0) is 25.6 Å². The number of benzene rings is 1. The van der Waals surface area contributed by atoms with Crippen molar-refractivity contribution < 1.29 is 34.5 Å². The van der Waals surface area contributed by atoms with E-state index in [-0.39, 0.29) is 43.4 Å². The lowest BCUT2D eigenvalue weighted by Gasteiger charge is -2.26. The second-order valence-corrected chi connectivity index (χ2v) is 8.94. The summed E-state index contributed by atoms with van der Waals surface area (Å²) in [4.78, 5) is 54.3. The zero-order valence-corrected chi connectivity index (χ0v) is 21.6. The quantitative estimate of drug-likeness (QED) is 0.0630. The van der Waals surface area contributed by atoms with Crippen LogP contribution in [0.1, 0.15) is 38.7 Å². The molecule has 12 N–H and O–H groups in total. The van der Waals surface area contributed by atoms with Crippen molar-refractivity contribution in [2.75, 3.05) is 13.2 Å². The molecule has 38 heavy (non-hydrogen) atoms. The summed E-state index contributed by atoms with van der Waals surface area (Å²) in [6, 6.07) is 1.09. The van der Waals surface area contributed by atoms with E-state index in [1.54, 1.807) is 26.0 Å². The number of aliphatic imine (C=N–C) groups is 1. The first-order valence-electron chi connectivity index (χ1n) is 12.2. The summed E-state index contributed by atoms with van der Waals surface area (Å²) >= 11 is 0. The molecule has 0 aliphatic carbocycles. The summed E-state index contributed by atoms with van der Waals surface area (Å²) in [6.07, 6.45) is 0.815. The molecule has 1 aromatic carbocycles. The van der Waals surface area contributed by atoms with Gasteiger partial charge in [-0.1, -0.05) is 32.4 Å². The third kappa shape index (κ3) is 11.0. The Morgan fingerprint density at radius 3 is 2.08 bits per heavy atom. The van der Waals surface area contributed by atoms with Crippen molar-refractivity contribution in [3.63, 3.8) is 0 Å². The molecule has 0 saturated carbocycles. The Morgan fingerprint density at radius 1 is 0.974 bits per heavy atom. The lowest BCUT2D eigenvalue weighted by molar-refractivity contribution is -0.143. The fourth-order valence-corrected chi connectivity index (χ4v) is 3.42. The van der Waals surface area contributed by atoms with Crippen LogP contribution in [0.5, 0.6) is 5.75 Å². The number of nitrogens with two attached hydrogens (primary N) is 3. The minimum atomic E-state index is -1.27. The Labute approximate surface area is 221 Å². The number of phenols is 1. The predicted molar refractivity (Wildman–Crippen MR) is 140 cm³/mol. The number of aliphatic hydroxyl groups is 1. The second kappa shape index (κ2) is 16.0. The first-order chi connectivity index (χ1) is 17.9. The number of rotatable bonds is 16. The van der Waals surface area contributed by atoms with Crippen LogP contribution in [0.2, 0.25) is 0 Å². The summed E-state index contributed by atoms with van der Waals surface area (Å²) in [5.74, 6) is -3.99. The van der Waals surface area contributed by atoms with Crippen molar-refractivity contribution >= 4 is 29.7 Å². The van der Waals surface area contributed by atoms with Gasteiger partial charge in [0.15, 0.2) is 5.96 Å². The van der Waals surface area contributed by atoms with E-state index in [9.17, 15) is 34.5 Å². The summed E-state index contributed by atoms with van der Waals surface area (Å²) in [5.41, 5.74) is 16.8. The highest BCUT2D eigenvalue weighted by atomic mass is 16.4. The van der Waals surface area contributed by atoms with E-state index >= 15 is 0 Å². The number of carboxylic acid groups (broad SMARTS) is 1. The second-order valence-electron chi connectivity index (χ2n) is 8.94. The summed E-state index contributed by atoms with van der Waals surface area (Å²) < 4.78 is 0. The third-order valence-corrected chi connectivity index (χ3v) is 5.90. The molecule has 0 aromatic heterocycles. The number of amides is 3. The van der Waals surface area contributed by atoms with Gasteiger partial charge in [-0.05, 0) is 36.5 Å². The number of carbonyl (C=O) groups is 4. The normalized spacial score (nSPS) is 14.7. The van der Waals surface area contributed by atoms with Crippen LogP contribution in [0.15, 0.2) is 29.3 Å². The average Bonchev–Trinajstić information content (AvgIpc) is 2.88. The van der Waals surface area contributed by atoms with Crippen LogP contribution in [0.4, 0.5) is 0 Å². The number of nitrogens with one attached hydrogen (secondary N) is 3. The van der Waals surface area contributed by atoms with Gasteiger partial charge in [-0.2, -0.15) is 0 Å². The Bertz CT molecular complexity index is 967. The highest BCUT2D eigenvalue weighted by Crippen LogP contribution is 2.13. The van der Waals surface area contributed by atoms with Crippen molar-refractivity contribution in [2.24, 2.45) is 28.1 Å². The van der Waals surface area contributed by atoms with Crippen LogP contribution in [0.3, 0.4) is 0 Å². The van der Waals surface area contributed by atoms with Gasteiger partial charge < -0.3 is 48.5 Å². The number of aliphatic carboxylic acids is 1. The number of guanidine groups is 1. The number of nitrogens with zero attached hydrogens (tertiary/aromatic N) is 1. The molecule has 212 valence electrons. The fraction of sp³-hybridized carbons (Fsp3) is 0.542. The number of carboxylic acids is 1. The monoisotopic (exact) mass is 537 g/mol. The van der Waals surface area contributed by atoms with Gasteiger partial charge in [0.25, 0.3) is 0 Å². The number of hydrogen-bond donors (Lipinski definition) is 9. The van der Waals surface area contributed by atoms with Gasteiger partial charge in [0, 0.05) is 13.0 Å². The molecule has 0 fully saturated rings. The summed E-state index contributed by atoms with van der Waals surface area (Å²) in [5, 5.41) is 35.9. The van der Waals surface area contributed by atoms with Gasteiger partial charge in [0.1, 0.15) is 29.9 Å². The van der Waals surface area contributed by atoms with Crippen molar-refractivity contribution in [3.8, 4) is 5.75 Å². The maximum absolute atomic E-state index is 13.2. The lowest BCUT2D eigenvalue weighted by Crippen LogP contribution is -2.58. The maximum atomic E-state index is 13.2. The van der Waals surface area contributed by atoms with Crippen LogP contribution in [0, 0.1) is 5.92 Å². The number of phenolic OH excluding ortho intramolecular Hbond substituents is 1. The Balaban J connectivity index is 3.19. The molecule has 5 atom stereocenters. The zero-order chi connectivity index (χ0) is 28.8. The molecule has 1 rings (SSSR count). The van der Waals surface area contributed by atoms with Crippen LogP contribution in [-0.4, -0.2) is 82.3 Å². The van der Waals surface area contributed by atoms with E-state index in [2.05, 4.69) is 20.9 Å². The number of aromatic hydroxyl groups is 1. The molecule has 5 unspecified atom stereocenters. The molecule has 0 heterocycles. The van der Waals surface area contributed by atoms with Crippen LogP contribution >= 0.6 is 0 Å². The highest BCUT2D eigenvalue weighted by molar-refractivity contribution is 5.94. The minimum Gasteiger partial charge on any atom is -0.508 e. The average molecular weight is 538 g/mol. The smallest absolute Gasteiger partial charge is 0.326 e. The molecule has 0 spiro atoms. The molecule has 14 nitrogen and oxygen atoms in total. The molecular formula is C24H39N7O7. The van der Waals surface area contributed by atoms with E-state index in [1.807, 2.05) is 0 Å². The minimum absolute atomic E-state index is 0.00488. The SMILES string of the molecule is CCC(C)C(NC(=O)C(Cc1ccc(O)cc1)NC(=O)C(CCCN=C(N)N)NC(=O)C(N)CO)C(=O)O. The standard InChI is InChI=1S/C24H39N7O7/c1-3-13(2)19(23(37)38)31-22(36)18(11-14-6-8-15(33)9-7-14)30-21(35)17(5-4-10-28-24(26)27)29-20(34)16(25)12-32/h6-9,13,16-19,32-33H,3-5,10-12,25H2,1-2H3,(H,29,34)(H,30,35)(H,31,36)(H,37,38)(H4,26,27,28). The van der Waals surface area contributed by atoms with Gasteiger partial charge in [0.05, 0.1) is 6.61 Å². The molecular weight excluding hydrogens is 498 g/mol. The van der Waals surface area contributed by atoms with Crippen molar-refractivity contribution in [2.45, 2.75) is 63.7 Å². The van der Waals surface area contributed by atoms with Gasteiger partial charge in [0.2, 0.25) is 17.7 Å². The Hall–Kier alpha value is -3.91. The lowest BCUT2D eigenvalue weighted by atomic mass is 9.98. The number of aliphatic hydroxyl groups excluding tert-OH is 1. The number of carbonyl (C=O) groups excluding carboxylic acids is 3. The summed E-state index contributed by atoms with van der Waals surface area (Å²) in [7, 11) is 0. The van der Waals surface area contributed by atoms with Crippen molar-refractivity contribution in [1.29, 1.82) is 0 Å². The Morgan fingerprint density at radius 2 is 1.55 bits per heavy atom. The molecule has 0 aliphatic rings. The molecule has 14 heteroatoms. The van der Waals surface area contributed by atoms with Gasteiger partial charge in [-0.25, -0.2) is 4.79 Å². The molecule has 0 aliphatic heterocycles. The molecule has 0 radical (unpaired) electrons. The maximum Gasteiger partial charge on any atom is 0.326 e. The topological polar surface area (TPSA) is 255 Å². The van der Waals surface area contributed by atoms with E-state index in [0.29, 0.717) is 12.0 Å². The zero-order valence-electron chi connectivity index (χ0n) is 21.6. The first-order valence-corrected chi connectivity index (χ1v) is 12.2. The van der Waals surface area contributed by atoms with E-state index in [0.717, 1.165) is 0 Å². The van der Waals surface area contributed by atoms with Crippen LogP contribution in [0.25, 0.3) is 0 Å². The van der Waals surface area contributed by atoms with Crippen molar-refractivity contribution in [1.82, 2.24) is 16.0 Å². The first kappa shape index (κ1) is 32.1. The van der Waals surface area contributed by atoms with Gasteiger partial charge in [-0.3, -0.25) is 19.4 Å². The van der Waals surface area contributed by atoms with E-state index in [1.165, 1.54) is 12.1 Å². The van der Waals surface area contributed by atoms with Crippen LogP contribution < -0.4 is 33.2 Å². The highest BCUT2D eigenvalue weighted by Gasteiger charge is 2.32. The molecule has 0 bridgehead atoms. The van der Waals surface area contributed by atoms with E-state index in [4.69, 9.17) is 17.2 Å². The number of hydrogen-bond acceptors (Lipinski definition) is 8. The Kier molecular flexibility index (Phi) is 13.6. The molecule has 3 amide bonds. The fourth-order valence-electron chi connectivity index (χ4n) is 3.42. The largest absolute Gasteiger partial charge is 0.508 e. The molecule has 1 aromatic rings.